The molecule has 10 nitrogen and oxygen atoms in total. The number of ether oxygens (including phenoxy) is 2. The molecule has 2 atom stereocenters. The van der Waals surface area contributed by atoms with Gasteiger partial charge in [-0.2, -0.15) is 15.3 Å². The predicted molar refractivity (Wildman–Crippen MR) is 128 cm³/mol. The van der Waals surface area contributed by atoms with E-state index in [0.717, 1.165) is 77.8 Å². The molecule has 4 aromatic heterocycles. The van der Waals surface area contributed by atoms with E-state index >= 15 is 0 Å². The molecular weight excluding hydrogens is 432 g/mol. The Balaban J connectivity index is 1.55. The number of rotatable bonds is 4. The third-order valence-electron chi connectivity index (χ3n) is 6.88. The van der Waals surface area contributed by atoms with Gasteiger partial charge in [0.15, 0.2) is 11.9 Å². The van der Waals surface area contributed by atoms with Gasteiger partial charge in [0.1, 0.15) is 5.82 Å². The Kier molecular flexibility index (Phi) is 5.34. The van der Waals surface area contributed by atoms with Gasteiger partial charge in [-0.15, -0.1) is 0 Å². The van der Waals surface area contributed by atoms with E-state index in [-0.39, 0.29) is 12.3 Å². The minimum Gasteiger partial charge on any atom is -0.377 e. The van der Waals surface area contributed by atoms with Crippen molar-refractivity contribution in [2.75, 3.05) is 31.3 Å². The van der Waals surface area contributed by atoms with Gasteiger partial charge in [-0.3, -0.25) is 5.10 Å². The summed E-state index contributed by atoms with van der Waals surface area (Å²) < 4.78 is 15.6. The lowest BCUT2D eigenvalue weighted by molar-refractivity contribution is -0.0383. The number of aryl methyl sites for hydroxylation is 2. The standard InChI is InChI=1S/C24H30N8O2/c1-15-14-33-11-9-30(15)21-12-20(23-16(2)28-29-17(23)3)32-24(27-21)18(13-26-32)19-7-8-25-31(19)22-6-4-5-10-34-22/h7-8,12-13,15,22H,4-6,9-11,14H2,1-3H3,(H,28,29)/t15-,22?/m1/s1. The van der Waals surface area contributed by atoms with E-state index in [1.165, 1.54) is 0 Å². The van der Waals surface area contributed by atoms with Gasteiger partial charge in [0, 0.05) is 36.7 Å². The van der Waals surface area contributed by atoms with Crippen molar-refractivity contribution in [3.8, 4) is 22.5 Å². The number of nitrogens with one attached hydrogen (secondary N) is 1. The number of hydrogen-bond donors (Lipinski definition) is 1. The van der Waals surface area contributed by atoms with Crippen molar-refractivity contribution in [1.29, 1.82) is 0 Å². The highest BCUT2D eigenvalue weighted by Gasteiger charge is 2.26. The van der Waals surface area contributed by atoms with Crippen LogP contribution in [0.3, 0.4) is 0 Å². The summed E-state index contributed by atoms with van der Waals surface area (Å²) in [6, 6.07) is 4.38. The normalized spacial score (nSPS) is 21.4. The summed E-state index contributed by atoms with van der Waals surface area (Å²) >= 11 is 0. The van der Waals surface area contributed by atoms with Crippen LogP contribution in [0.1, 0.15) is 43.8 Å². The van der Waals surface area contributed by atoms with Crippen molar-refractivity contribution < 1.29 is 9.47 Å². The van der Waals surface area contributed by atoms with Gasteiger partial charge >= 0.3 is 0 Å². The Morgan fingerprint density at radius 3 is 2.79 bits per heavy atom. The van der Waals surface area contributed by atoms with E-state index in [2.05, 4.69) is 33.2 Å². The molecule has 0 saturated carbocycles. The molecule has 6 heterocycles. The van der Waals surface area contributed by atoms with E-state index in [9.17, 15) is 0 Å². The van der Waals surface area contributed by atoms with E-state index in [1.54, 1.807) is 0 Å². The number of aromatic nitrogens is 7. The van der Waals surface area contributed by atoms with E-state index < -0.39 is 0 Å². The minimum absolute atomic E-state index is 0.0611. The molecule has 0 aliphatic carbocycles. The SMILES string of the molecule is Cc1n[nH]c(C)c1-c1cc(N2CCOC[C@H]2C)nc2c(-c3ccnn3C3CCCCO3)cnn12. The number of aromatic amines is 1. The maximum absolute atomic E-state index is 6.04. The summed E-state index contributed by atoms with van der Waals surface area (Å²) in [7, 11) is 0. The van der Waals surface area contributed by atoms with Crippen LogP contribution in [0, 0.1) is 13.8 Å². The van der Waals surface area contributed by atoms with Gasteiger partial charge in [0.2, 0.25) is 0 Å². The summed E-state index contributed by atoms with van der Waals surface area (Å²) in [6.45, 7) is 9.16. The second-order valence-electron chi connectivity index (χ2n) is 9.20. The minimum atomic E-state index is -0.0611. The Morgan fingerprint density at radius 1 is 1.12 bits per heavy atom. The average Bonchev–Trinajstić information content (AvgIpc) is 3.58. The highest BCUT2D eigenvalue weighted by Crippen LogP contribution is 2.35. The molecule has 2 fully saturated rings. The van der Waals surface area contributed by atoms with Gasteiger partial charge in [0.05, 0.1) is 48.1 Å². The lowest BCUT2D eigenvalue weighted by Gasteiger charge is -2.34. The molecule has 4 aromatic rings. The third kappa shape index (κ3) is 3.48. The quantitative estimate of drug-likeness (QED) is 0.495. The maximum Gasteiger partial charge on any atom is 0.167 e. The van der Waals surface area contributed by atoms with E-state index in [4.69, 9.17) is 19.6 Å². The van der Waals surface area contributed by atoms with Crippen LogP contribution < -0.4 is 4.90 Å². The topological polar surface area (TPSA) is 98.4 Å². The molecule has 1 N–H and O–H groups in total. The second-order valence-corrected chi connectivity index (χ2v) is 9.20. The van der Waals surface area contributed by atoms with Gasteiger partial charge in [0.25, 0.3) is 0 Å². The van der Waals surface area contributed by atoms with Gasteiger partial charge in [-0.25, -0.2) is 14.2 Å². The number of anilines is 1. The molecule has 0 amide bonds. The van der Waals surface area contributed by atoms with Crippen LogP contribution in [0.4, 0.5) is 5.82 Å². The van der Waals surface area contributed by atoms with Gasteiger partial charge in [-0.1, -0.05) is 0 Å². The zero-order valence-corrected chi connectivity index (χ0v) is 19.9. The zero-order valence-electron chi connectivity index (χ0n) is 19.9. The third-order valence-corrected chi connectivity index (χ3v) is 6.88. The summed E-state index contributed by atoms with van der Waals surface area (Å²) in [6.07, 6.45) is 6.85. The van der Waals surface area contributed by atoms with E-state index in [1.807, 2.05) is 41.5 Å². The second kappa shape index (κ2) is 8.52. The van der Waals surface area contributed by atoms with Crippen LogP contribution >= 0.6 is 0 Å². The number of H-pyrrole nitrogens is 1. The monoisotopic (exact) mass is 462 g/mol. The highest BCUT2D eigenvalue weighted by atomic mass is 16.5. The number of fused-ring (bicyclic) bond motifs is 1. The maximum atomic E-state index is 6.04. The molecule has 10 heteroatoms. The molecule has 0 radical (unpaired) electrons. The van der Waals surface area contributed by atoms with Crippen molar-refractivity contribution in [3.05, 3.63) is 35.9 Å². The number of nitrogens with zero attached hydrogens (tertiary/aromatic N) is 7. The van der Waals surface area contributed by atoms with Crippen LogP contribution in [0.2, 0.25) is 0 Å². The fourth-order valence-corrected chi connectivity index (χ4v) is 5.13. The Labute approximate surface area is 197 Å². The van der Waals surface area contributed by atoms with Crippen molar-refractivity contribution in [1.82, 2.24) is 34.6 Å². The fourth-order valence-electron chi connectivity index (χ4n) is 5.13. The van der Waals surface area contributed by atoms with E-state index in [0.29, 0.717) is 13.2 Å². The van der Waals surface area contributed by atoms with Crippen molar-refractivity contribution in [2.45, 2.75) is 52.3 Å². The smallest absolute Gasteiger partial charge is 0.167 e. The lowest BCUT2D eigenvalue weighted by Crippen LogP contribution is -2.44. The average molecular weight is 463 g/mol. The molecule has 2 saturated heterocycles. The van der Waals surface area contributed by atoms with Crippen molar-refractivity contribution in [2.24, 2.45) is 0 Å². The van der Waals surface area contributed by atoms with Crippen molar-refractivity contribution in [3.63, 3.8) is 0 Å². The molecule has 2 aliphatic heterocycles. The van der Waals surface area contributed by atoms with Gasteiger partial charge < -0.3 is 14.4 Å². The van der Waals surface area contributed by atoms with Crippen LogP contribution in [-0.4, -0.2) is 67.0 Å². The first-order chi connectivity index (χ1) is 16.6. The highest BCUT2D eigenvalue weighted by molar-refractivity contribution is 5.80. The molecule has 2 aliphatic rings. The molecule has 1 unspecified atom stereocenters. The first-order valence-corrected chi connectivity index (χ1v) is 12.0. The molecule has 6 rings (SSSR count). The van der Waals surface area contributed by atoms with Crippen LogP contribution in [-0.2, 0) is 9.47 Å². The summed E-state index contributed by atoms with van der Waals surface area (Å²) in [5.41, 5.74) is 6.65. The first kappa shape index (κ1) is 21.3. The molecule has 34 heavy (non-hydrogen) atoms. The first-order valence-electron chi connectivity index (χ1n) is 12.0. The summed E-state index contributed by atoms with van der Waals surface area (Å²) in [5, 5.41) is 17.0. The molecule has 0 bridgehead atoms. The van der Waals surface area contributed by atoms with Crippen LogP contribution in [0.5, 0.6) is 0 Å². The van der Waals surface area contributed by atoms with Crippen molar-refractivity contribution >= 4 is 11.5 Å². The zero-order chi connectivity index (χ0) is 23.2. The van der Waals surface area contributed by atoms with Crippen LogP contribution in [0.25, 0.3) is 28.2 Å². The molecule has 178 valence electrons. The summed E-state index contributed by atoms with van der Waals surface area (Å²) in [5.74, 6) is 0.917. The Bertz CT molecular complexity index is 1300. The Morgan fingerprint density at radius 2 is 2.03 bits per heavy atom. The lowest BCUT2D eigenvalue weighted by atomic mass is 10.1. The summed E-state index contributed by atoms with van der Waals surface area (Å²) in [4.78, 5) is 7.46. The molecule has 0 aromatic carbocycles. The van der Waals surface area contributed by atoms with Gasteiger partial charge in [-0.05, 0) is 46.1 Å². The Hall–Kier alpha value is -3.24. The number of morpholine rings is 1. The molecule has 0 spiro atoms. The van der Waals surface area contributed by atoms with Crippen LogP contribution in [0.15, 0.2) is 24.5 Å². The largest absolute Gasteiger partial charge is 0.377 e. The fraction of sp³-hybridized carbons (Fsp3) is 0.500. The molecular formula is C24H30N8O2. The predicted octanol–water partition coefficient (Wildman–Crippen LogP) is 3.52. The number of hydrogen-bond acceptors (Lipinski definition) is 7.